The fraction of sp³-hybridized carbons (Fsp3) is 0.462. The third kappa shape index (κ3) is 5.59. The Morgan fingerprint density at radius 2 is 1.68 bits per heavy atom. The molecule has 3 heterocycles. The molecule has 0 unspecified atom stereocenters. The van der Waals surface area contributed by atoms with Gasteiger partial charge in [-0.2, -0.15) is 0 Å². The molecule has 2 fully saturated rings. The maximum Gasteiger partial charge on any atom is 0.237 e. The Kier molecular flexibility index (Phi) is 8.15. The maximum absolute atomic E-state index is 12.8. The van der Waals surface area contributed by atoms with Gasteiger partial charge in [0.1, 0.15) is 47.6 Å². The van der Waals surface area contributed by atoms with Crippen LogP contribution in [0.15, 0.2) is 36.4 Å². The van der Waals surface area contributed by atoms with Crippen LogP contribution in [0.4, 0.5) is 0 Å². The van der Waals surface area contributed by atoms with Crippen molar-refractivity contribution in [1.82, 2.24) is 0 Å². The summed E-state index contributed by atoms with van der Waals surface area (Å²) in [6, 6.07) is 7.56. The Balaban J connectivity index is 1.23. The van der Waals surface area contributed by atoms with Crippen LogP contribution in [0.2, 0.25) is 0 Å². The van der Waals surface area contributed by atoms with E-state index in [9.17, 15) is 45.3 Å². The number of Topliss-reactive ketones (excluding diaryl/α,β-unsaturated/α-hetero) is 2. The number of phenolic OH excluding ortho intramolecular Hbond substituents is 1. The monoisotopic (exact) mass is 580 g/mol. The molecule has 7 N–H and O–H groups in total. The second-order valence-corrected chi connectivity index (χ2v) is 9.76. The van der Waals surface area contributed by atoms with Crippen molar-refractivity contribution in [3.8, 4) is 23.0 Å². The zero-order chi connectivity index (χ0) is 29.5. The van der Waals surface area contributed by atoms with E-state index in [0.717, 1.165) is 12.1 Å². The highest BCUT2D eigenvalue weighted by Gasteiger charge is 2.50. The summed E-state index contributed by atoms with van der Waals surface area (Å²) < 4.78 is 31.9. The zero-order valence-electron chi connectivity index (χ0n) is 21.2. The molecule has 222 valence electrons. The van der Waals surface area contributed by atoms with Crippen LogP contribution in [-0.4, -0.2) is 123 Å². The fourth-order valence-electron chi connectivity index (χ4n) is 4.48. The average Bonchev–Trinajstić information content (AvgIpc) is 3.56. The second kappa shape index (κ2) is 11.5. The van der Waals surface area contributed by atoms with Crippen LogP contribution in [-0.2, 0) is 14.2 Å². The molecule has 2 aromatic carbocycles. The molecule has 15 heteroatoms. The lowest BCUT2D eigenvalue weighted by Crippen LogP contribution is -2.60. The highest BCUT2D eigenvalue weighted by Crippen LogP contribution is 2.34. The number of benzene rings is 2. The summed E-state index contributed by atoms with van der Waals surface area (Å²) in [6.07, 6.45) is -11.1. The van der Waals surface area contributed by atoms with E-state index in [1.807, 2.05) is 0 Å². The third-order valence-corrected chi connectivity index (χ3v) is 6.98. The summed E-state index contributed by atoms with van der Waals surface area (Å²) in [5.41, 5.74) is -2.25. The molecule has 41 heavy (non-hydrogen) atoms. The SMILES string of the molecule is O=C(C(=O)c1ccc(O[C@@H]2O[C@H](CO[C@@H]3OC[C@](O)(CO)[C@H]3O)[C@@H](O)[C@H](O)[C@H]2O)cc1O)c1ccc2c(c1)OCO2. The van der Waals surface area contributed by atoms with Crippen LogP contribution < -0.4 is 14.2 Å². The number of carbonyl (C=O) groups excluding carboxylic acids is 2. The van der Waals surface area contributed by atoms with E-state index < -0.39 is 85.8 Å². The predicted octanol–water partition coefficient (Wildman–Crippen LogP) is -2.17. The number of aromatic hydroxyl groups is 1. The highest BCUT2D eigenvalue weighted by molar-refractivity contribution is 6.49. The summed E-state index contributed by atoms with van der Waals surface area (Å²) in [4.78, 5) is 25.5. The smallest absolute Gasteiger partial charge is 0.237 e. The molecule has 15 nitrogen and oxygen atoms in total. The molecule has 0 spiro atoms. The second-order valence-electron chi connectivity index (χ2n) is 9.76. The summed E-state index contributed by atoms with van der Waals surface area (Å²) in [6.45, 7) is -1.71. The first-order valence-electron chi connectivity index (χ1n) is 12.4. The van der Waals surface area contributed by atoms with Gasteiger partial charge in [0.2, 0.25) is 24.6 Å². The molecule has 0 amide bonds. The summed E-state index contributed by atoms with van der Waals surface area (Å²) in [5, 5.41) is 70.9. The molecule has 3 aliphatic heterocycles. The molecular formula is C26H28O15. The first-order chi connectivity index (χ1) is 19.5. The topological polar surface area (TPSA) is 231 Å². The van der Waals surface area contributed by atoms with E-state index >= 15 is 0 Å². The van der Waals surface area contributed by atoms with Gasteiger partial charge in [-0.25, -0.2) is 0 Å². The summed E-state index contributed by atoms with van der Waals surface area (Å²) >= 11 is 0. The lowest BCUT2D eigenvalue weighted by Gasteiger charge is -2.40. The minimum atomic E-state index is -1.94. The largest absolute Gasteiger partial charge is 0.507 e. The molecule has 0 aromatic heterocycles. The van der Waals surface area contributed by atoms with Gasteiger partial charge in [0, 0.05) is 11.6 Å². The molecule has 5 rings (SSSR count). The van der Waals surface area contributed by atoms with Crippen molar-refractivity contribution in [3.05, 3.63) is 47.5 Å². The Morgan fingerprint density at radius 1 is 0.927 bits per heavy atom. The molecule has 2 saturated heterocycles. The number of rotatable bonds is 9. The van der Waals surface area contributed by atoms with Gasteiger partial charge in [0.05, 0.1) is 25.4 Å². The number of ketones is 2. The molecule has 0 radical (unpaired) electrons. The first kappa shape index (κ1) is 29.1. The minimum Gasteiger partial charge on any atom is -0.507 e. The van der Waals surface area contributed by atoms with Crippen molar-refractivity contribution >= 4 is 11.6 Å². The molecule has 8 atom stereocenters. The van der Waals surface area contributed by atoms with Crippen molar-refractivity contribution in [2.24, 2.45) is 0 Å². The number of hydrogen-bond donors (Lipinski definition) is 7. The number of ether oxygens (including phenoxy) is 6. The van der Waals surface area contributed by atoms with Crippen LogP contribution in [0.1, 0.15) is 20.7 Å². The number of hydrogen-bond acceptors (Lipinski definition) is 15. The standard InChI is InChI=1S/C26H28O15/c27-8-26(35)9-37-25(23(26)34)36-7-17-20(31)21(32)22(33)24(41-17)40-12-2-3-13(14(28)6-12)19(30)18(29)11-1-4-15-16(5-11)39-10-38-15/h1-6,17,20-25,27-28,31-35H,7-10H2/t17-,20-,21+,22-,23+,24-,25-,26-/m1/s1. The van der Waals surface area contributed by atoms with Crippen molar-refractivity contribution in [2.45, 2.75) is 48.7 Å². The molecule has 3 aliphatic rings. The van der Waals surface area contributed by atoms with Crippen LogP contribution in [0.5, 0.6) is 23.0 Å². The van der Waals surface area contributed by atoms with Gasteiger partial charge >= 0.3 is 0 Å². The zero-order valence-corrected chi connectivity index (χ0v) is 21.2. The van der Waals surface area contributed by atoms with E-state index in [0.29, 0.717) is 11.5 Å². The molecule has 0 aliphatic carbocycles. The summed E-state index contributed by atoms with van der Waals surface area (Å²) in [5.74, 6) is -1.93. The van der Waals surface area contributed by atoms with Gasteiger partial charge in [0.25, 0.3) is 0 Å². The van der Waals surface area contributed by atoms with E-state index in [1.165, 1.54) is 24.3 Å². The van der Waals surface area contributed by atoms with Crippen LogP contribution in [0, 0.1) is 0 Å². The number of aliphatic hydroxyl groups is 6. The van der Waals surface area contributed by atoms with Gasteiger partial charge in [-0.05, 0) is 30.3 Å². The van der Waals surface area contributed by atoms with Crippen molar-refractivity contribution < 1.29 is 73.8 Å². The van der Waals surface area contributed by atoms with E-state index in [1.54, 1.807) is 0 Å². The number of carbonyl (C=O) groups is 2. The maximum atomic E-state index is 12.8. The van der Waals surface area contributed by atoms with Gasteiger partial charge < -0.3 is 64.2 Å². The van der Waals surface area contributed by atoms with Crippen LogP contribution in [0.3, 0.4) is 0 Å². The molecule has 0 saturated carbocycles. The van der Waals surface area contributed by atoms with E-state index in [4.69, 9.17) is 28.4 Å². The Bertz CT molecular complexity index is 1300. The van der Waals surface area contributed by atoms with Crippen molar-refractivity contribution in [3.63, 3.8) is 0 Å². The Morgan fingerprint density at radius 3 is 2.39 bits per heavy atom. The van der Waals surface area contributed by atoms with Gasteiger partial charge in [-0.3, -0.25) is 9.59 Å². The van der Waals surface area contributed by atoms with Gasteiger partial charge in [0.15, 0.2) is 17.8 Å². The van der Waals surface area contributed by atoms with Crippen molar-refractivity contribution in [1.29, 1.82) is 0 Å². The normalized spacial score (nSPS) is 32.6. The molecule has 2 aromatic rings. The third-order valence-electron chi connectivity index (χ3n) is 6.98. The quantitative estimate of drug-likeness (QED) is 0.124. The van der Waals surface area contributed by atoms with Gasteiger partial charge in [-0.1, -0.05) is 0 Å². The summed E-state index contributed by atoms with van der Waals surface area (Å²) in [7, 11) is 0. The average molecular weight is 580 g/mol. The predicted molar refractivity (Wildman–Crippen MR) is 130 cm³/mol. The minimum absolute atomic E-state index is 0.0145. The van der Waals surface area contributed by atoms with Gasteiger partial charge in [-0.15, -0.1) is 0 Å². The molecular weight excluding hydrogens is 552 g/mol. The first-order valence-corrected chi connectivity index (χ1v) is 12.4. The Hall–Kier alpha value is -3.38. The van der Waals surface area contributed by atoms with Crippen LogP contribution in [0.25, 0.3) is 0 Å². The fourth-order valence-corrected chi connectivity index (χ4v) is 4.48. The Labute approximate surface area is 231 Å². The number of aliphatic hydroxyl groups excluding tert-OH is 5. The van der Waals surface area contributed by atoms with E-state index in [2.05, 4.69) is 0 Å². The lowest BCUT2D eigenvalue weighted by atomic mass is 9.99. The number of fused-ring (bicyclic) bond motifs is 1. The van der Waals surface area contributed by atoms with Crippen molar-refractivity contribution in [2.75, 3.05) is 26.6 Å². The highest BCUT2D eigenvalue weighted by atomic mass is 16.7. The van der Waals surface area contributed by atoms with E-state index in [-0.39, 0.29) is 23.7 Å². The number of phenols is 1. The lowest BCUT2D eigenvalue weighted by molar-refractivity contribution is -0.289. The van der Waals surface area contributed by atoms with Crippen LogP contribution >= 0.6 is 0 Å². The molecule has 0 bridgehead atoms.